The Balaban J connectivity index is 0. The van der Waals surface area contributed by atoms with Crippen molar-refractivity contribution in [1.82, 2.24) is 0 Å². The van der Waals surface area contributed by atoms with Crippen molar-refractivity contribution in [3.8, 4) is 0 Å². The van der Waals surface area contributed by atoms with E-state index in [0.29, 0.717) is 32.5 Å². The van der Waals surface area contributed by atoms with Gasteiger partial charge in [-0.05, 0) is 0 Å². The van der Waals surface area contributed by atoms with Crippen molar-refractivity contribution in [3.63, 3.8) is 0 Å². The van der Waals surface area contributed by atoms with Gasteiger partial charge in [0, 0.05) is 33.5 Å². The molecule has 2 saturated heterocycles. The molecule has 0 bridgehead atoms. The largest absolute Gasteiger partial charge is 0.400 e. The zero-order valence-electron chi connectivity index (χ0n) is 14.6. The maximum Gasteiger partial charge on any atom is 0.161 e. The van der Waals surface area contributed by atoms with Gasteiger partial charge in [-0.25, -0.2) is 0 Å². The predicted octanol–water partition coefficient (Wildman–Crippen LogP) is -0.746. The molecule has 23 heavy (non-hydrogen) atoms. The molecular formula is C15H34O8. The highest BCUT2D eigenvalue weighted by Crippen LogP contribution is 2.23. The molecule has 0 saturated carbocycles. The van der Waals surface area contributed by atoms with Crippen molar-refractivity contribution in [3.05, 3.63) is 0 Å². The Morgan fingerprint density at radius 2 is 1.52 bits per heavy atom. The molecule has 5 N–H and O–H groups in total. The molecule has 0 amide bonds. The van der Waals surface area contributed by atoms with Crippen LogP contribution in [0.15, 0.2) is 0 Å². The summed E-state index contributed by atoms with van der Waals surface area (Å²) in [6, 6.07) is 0. The predicted molar refractivity (Wildman–Crippen MR) is 84.9 cm³/mol. The highest BCUT2D eigenvalue weighted by Gasteiger charge is 2.32. The standard InChI is InChI=1S/C11H20O6.C2H6.2CH4O/c12-4-9-1-7(13)3-11(16-9)17-10-2-8(14)5-15-6-10;3*1-2/h7-14H,1-6H2;1-2H3;2*2H,1H3/t7-,8+,9-,10-,11-;;;/m1.../s1. The molecule has 5 atom stereocenters. The van der Waals surface area contributed by atoms with Crippen molar-refractivity contribution in [1.29, 1.82) is 0 Å². The van der Waals surface area contributed by atoms with Crippen molar-refractivity contribution in [2.75, 3.05) is 34.0 Å². The van der Waals surface area contributed by atoms with Gasteiger partial charge >= 0.3 is 0 Å². The highest BCUT2D eigenvalue weighted by molar-refractivity contribution is 4.75. The van der Waals surface area contributed by atoms with Gasteiger partial charge < -0.3 is 39.7 Å². The second-order valence-electron chi connectivity index (χ2n) is 4.68. The molecule has 142 valence electrons. The van der Waals surface area contributed by atoms with Crippen molar-refractivity contribution in [2.45, 2.75) is 63.8 Å². The number of hydrogen-bond donors (Lipinski definition) is 5. The third kappa shape index (κ3) is 11.0. The van der Waals surface area contributed by atoms with Crippen LogP contribution in [0.4, 0.5) is 0 Å². The van der Waals surface area contributed by atoms with Gasteiger partial charge in [-0.2, -0.15) is 0 Å². The van der Waals surface area contributed by atoms with E-state index in [1.807, 2.05) is 13.8 Å². The van der Waals surface area contributed by atoms with Crippen LogP contribution in [0.1, 0.15) is 33.1 Å². The van der Waals surface area contributed by atoms with Crippen LogP contribution >= 0.6 is 0 Å². The van der Waals surface area contributed by atoms with Crippen molar-refractivity contribution >= 4 is 0 Å². The van der Waals surface area contributed by atoms with Gasteiger partial charge in [0.15, 0.2) is 6.29 Å². The van der Waals surface area contributed by atoms with Gasteiger partial charge in [-0.15, -0.1) is 0 Å². The maximum atomic E-state index is 9.61. The van der Waals surface area contributed by atoms with E-state index in [0.717, 1.165) is 14.2 Å². The molecule has 0 aromatic rings. The van der Waals surface area contributed by atoms with E-state index >= 15 is 0 Å². The Morgan fingerprint density at radius 1 is 0.913 bits per heavy atom. The Labute approximate surface area is 138 Å². The first-order chi connectivity index (χ1) is 11.2. The summed E-state index contributed by atoms with van der Waals surface area (Å²) in [5.74, 6) is 0. The summed E-state index contributed by atoms with van der Waals surface area (Å²) in [5, 5.41) is 42.1. The van der Waals surface area contributed by atoms with E-state index in [2.05, 4.69) is 0 Å². The molecule has 2 aliphatic rings. The third-order valence-electron chi connectivity index (χ3n) is 3.04. The van der Waals surface area contributed by atoms with Crippen LogP contribution in [0.5, 0.6) is 0 Å². The molecule has 0 aromatic carbocycles. The second kappa shape index (κ2) is 16.5. The van der Waals surface area contributed by atoms with Crippen LogP contribution in [0.25, 0.3) is 0 Å². The second-order valence-corrected chi connectivity index (χ2v) is 4.68. The zero-order chi connectivity index (χ0) is 18.3. The maximum absolute atomic E-state index is 9.61. The molecule has 2 fully saturated rings. The summed E-state index contributed by atoms with van der Waals surface area (Å²) in [7, 11) is 2.00. The highest BCUT2D eigenvalue weighted by atomic mass is 16.7. The van der Waals surface area contributed by atoms with E-state index in [1.165, 1.54) is 0 Å². The van der Waals surface area contributed by atoms with Gasteiger partial charge in [-0.3, -0.25) is 0 Å². The summed E-state index contributed by atoms with van der Waals surface area (Å²) in [5.41, 5.74) is 0. The Morgan fingerprint density at radius 3 is 2.04 bits per heavy atom. The van der Waals surface area contributed by atoms with Gasteiger partial charge in [0.05, 0.1) is 44.2 Å². The Hall–Kier alpha value is -0.320. The lowest BCUT2D eigenvalue weighted by Gasteiger charge is -2.35. The number of aliphatic hydroxyl groups is 5. The van der Waals surface area contributed by atoms with Crippen LogP contribution in [0.2, 0.25) is 0 Å². The monoisotopic (exact) mass is 342 g/mol. The lowest BCUT2D eigenvalue weighted by molar-refractivity contribution is -0.254. The van der Waals surface area contributed by atoms with Crippen molar-refractivity contribution in [2.24, 2.45) is 0 Å². The van der Waals surface area contributed by atoms with E-state index in [9.17, 15) is 10.2 Å². The topological polar surface area (TPSA) is 129 Å². The van der Waals surface area contributed by atoms with Crippen molar-refractivity contribution < 1.29 is 39.7 Å². The molecule has 2 heterocycles. The molecule has 8 nitrogen and oxygen atoms in total. The van der Waals surface area contributed by atoms with Crippen LogP contribution in [0.3, 0.4) is 0 Å². The molecule has 0 aliphatic carbocycles. The summed E-state index contributed by atoms with van der Waals surface area (Å²) < 4.78 is 16.3. The molecule has 8 heteroatoms. The van der Waals surface area contributed by atoms with Gasteiger partial charge in [-0.1, -0.05) is 13.8 Å². The molecule has 0 spiro atoms. The lowest BCUT2D eigenvalue weighted by atomic mass is 10.1. The summed E-state index contributed by atoms with van der Waals surface area (Å²) in [4.78, 5) is 0. The summed E-state index contributed by atoms with van der Waals surface area (Å²) >= 11 is 0. The first-order valence-corrected chi connectivity index (χ1v) is 7.92. The van der Waals surface area contributed by atoms with Gasteiger partial charge in [0.2, 0.25) is 0 Å². The fraction of sp³-hybridized carbons (Fsp3) is 1.00. The fourth-order valence-corrected chi connectivity index (χ4v) is 2.24. The smallest absolute Gasteiger partial charge is 0.161 e. The molecule has 0 aromatic heterocycles. The number of hydrogen-bond acceptors (Lipinski definition) is 8. The first-order valence-electron chi connectivity index (χ1n) is 7.92. The lowest BCUT2D eigenvalue weighted by Crippen LogP contribution is -2.43. The minimum Gasteiger partial charge on any atom is -0.400 e. The SMILES string of the molecule is CC.CO.CO.OC[C@H]1C[C@@H](O)C[C@@H](O[C@H]2COC[C@@H](O)C2)O1. The van der Waals surface area contributed by atoms with E-state index < -0.39 is 18.5 Å². The first kappa shape index (κ1) is 24.9. The van der Waals surface area contributed by atoms with E-state index in [4.69, 9.17) is 29.5 Å². The van der Waals surface area contributed by atoms with Gasteiger partial charge in [0.1, 0.15) is 0 Å². The fourth-order valence-electron chi connectivity index (χ4n) is 2.24. The quantitative estimate of drug-likeness (QED) is 0.453. The summed E-state index contributed by atoms with van der Waals surface area (Å²) in [6.45, 7) is 4.64. The minimum atomic E-state index is -0.533. The number of aliphatic hydroxyl groups excluding tert-OH is 5. The average Bonchev–Trinajstić information content (AvgIpc) is 2.60. The van der Waals surface area contributed by atoms with Crippen LogP contribution < -0.4 is 0 Å². The minimum absolute atomic E-state index is 0.124. The number of rotatable bonds is 3. The Bertz CT molecular complexity index is 242. The van der Waals surface area contributed by atoms with Crippen LogP contribution in [-0.4, -0.2) is 90.3 Å². The van der Waals surface area contributed by atoms with E-state index in [1.54, 1.807) is 0 Å². The zero-order valence-corrected chi connectivity index (χ0v) is 14.6. The van der Waals surface area contributed by atoms with E-state index in [-0.39, 0.29) is 18.8 Å². The molecule has 2 rings (SSSR count). The molecular weight excluding hydrogens is 308 g/mol. The molecule has 0 radical (unpaired) electrons. The normalized spacial score (nSPS) is 33.0. The number of ether oxygens (including phenoxy) is 3. The molecule has 2 aliphatic heterocycles. The Kier molecular flexibility index (Phi) is 17.9. The third-order valence-corrected chi connectivity index (χ3v) is 3.04. The van der Waals surface area contributed by atoms with Crippen LogP contribution in [0, 0.1) is 0 Å². The average molecular weight is 342 g/mol. The summed E-state index contributed by atoms with van der Waals surface area (Å²) in [6.07, 6.45) is -0.805. The van der Waals surface area contributed by atoms with Gasteiger partial charge in [0.25, 0.3) is 0 Å². The molecule has 0 unspecified atom stereocenters. The van der Waals surface area contributed by atoms with Crippen LogP contribution in [-0.2, 0) is 14.2 Å².